The number of nitrogens with zero attached hydrogens (tertiary/aromatic N) is 1. The molecule has 0 radical (unpaired) electrons. The summed E-state index contributed by atoms with van der Waals surface area (Å²) in [5.41, 5.74) is -1.07. The Bertz CT molecular complexity index is 1060. The van der Waals surface area contributed by atoms with Crippen LogP contribution in [0, 0.1) is 0 Å². The highest BCUT2D eigenvalue weighted by molar-refractivity contribution is 7.91. The van der Waals surface area contributed by atoms with E-state index in [1.54, 1.807) is 6.07 Å². The first-order chi connectivity index (χ1) is 13.1. The van der Waals surface area contributed by atoms with Crippen LogP contribution in [0.1, 0.15) is 36.6 Å². The number of aliphatic imine (C=N–C) groups is 1. The SMILES string of the molecule is CC1(C)COC(c2ccc(S(=O)(=O)N[C@@]3(C(=O)O)CC3c3ccccc3)s2)=N1. The average molecular weight is 421 g/mol. The van der Waals surface area contributed by atoms with Gasteiger partial charge in [0.1, 0.15) is 16.4 Å². The van der Waals surface area contributed by atoms with Gasteiger partial charge in [0, 0.05) is 5.92 Å². The summed E-state index contributed by atoms with van der Waals surface area (Å²) < 4.78 is 33.8. The lowest BCUT2D eigenvalue weighted by molar-refractivity contribution is -0.140. The molecule has 2 heterocycles. The summed E-state index contributed by atoms with van der Waals surface area (Å²) in [5, 5.41) is 9.72. The van der Waals surface area contributed by atoms with Gasteiger partial charge in [-0.2, -0.15) is 4.72 Å². The van der Waals surface area contributed by atoms with Crippen LogP contribution in [0.5, 0.6) is 0 Å². The summed E-state index contributed by atoms with van der Waals surface area (Å²) in [6.45, 7) is 4.29. The Morgan fingerprint density at radius 3 is 2.57 bits per heavy atom. The lowest BCUT2D eigenvalue weighted by atomic mass is 10.1. The van der Waals surface area contributed by atoms with E-state index in [1.807, 2.05) is 44.2 Å². The van der Waals surface area contributed by atoms with E-state index in [2.05, 4.69) is 9.71 Å². The number of ether oxygens (including phenoxy) is 1. The fraction of sp³-hybridized carbons (Fsp3) is 0.368. The molecule has 148 valence electrons. The number of carbonyl (C=O) groups is 1. The van der Waals surface area contributed by atoms with Crippen LogP contribution in [0.2, 0.25) is 0 Å². The fourth-order valence-electron chi connectivity index (χ4n) is 3.32. The predicted molar refractivity (Wildman–Crippen MR) is 105 cm³/mol. The highest BCUT2D eigenvalue weighted by Crippen LogP contribution is 2.52. The second-order valence-electron chi connectivity index (χ2n) is 7.69. The van der Waals surface area contributed by atoms with Crippen LogP contribution < -0.4 is 4.72 Å². The van der Waals surface area contributed by atoms with Gasteiger partial charge >= 0.3 is 5.97 Å². The largest absolute Gasteiger partial charge is 0.480 e. The molecule has 7 nitrogen and oxygen atoms in total. The lowest BCUT2D eigenvalue weighted by Crippen LogP contribution is -2.44. The molecule has 4 rings (SSSR count). The number of sulfonamides is 1. The number of rotatable bonds is 6. The summed E-state index contributed by atoms with van der Waals surface area (Å²) in [5.74, 6) is -1.16. The standard InChI is InChI=1S/C19H20N2O5S2/c1-18(2)11-26-16(20-18)14-8-9-15(27-14)28(24,25)21-19(17(22)23)10-13(19)12-6-4-3-5-7-12/h3-9,13,21H,10-11H2,1-2H3,(H,22,23)/t13?,19-/m0/s1. The summed E-state index contributed by atoms with van der Waals surface area (Å²) in [7, 11) is -4.00. The van der Waals surface area contributed by atoms with Gasteiger partial charge in [-0.25, -0.2) is 13.4 Å². The van der Waals surface area contributed by atoms with Crippen LogP contribution >= 0.6 is 11.3 Å². The maximum absolute atomic E-state index is 12.9. The van der Waals surface area contributed by atoms with Crippen molar-refractivity contribution in [2.45, 2.75) is 41.5 Å². The van der Waals surface area contributed by atoms with Gasteiger partial charge < -0.3 is 9.84 Å². The number of benzene rings is 1. The van der Waals surface area contributed by atoms with E-state index in [9.17, 15) is 18.3 Å². The zero-order chi connectivity index (χ0) is 20.2. The van der Waals surface area contributed by atoms with Gasteiger partial charge in [0.15, 0.2) is 0 Å². The van der Waals surface area contributed by atoms with Gasteiger partial charge in [-0.3, -0.25) is 4.79 Å². The fourth-order valence-corrected chi connectivity index (χ4v) is 5.98. The quantitative estimate of drug-likeness (QED) is 0.747. The van der Waals surface area contributed by atoms with Crippen molar-refractivity contribution in [3.8, 4) is 0 Å². The molecule has 28 heavy (non-hydrogen) atoms. The van der Waals surface area contributed by atoms with Crippen molar-refractivity contribution in [2.75, 3.05) is 6.61 Å². The molecule has 2 atom stereocenters. The van der Waals surface area contributed by atoms with Gasteiger partial charge in [-0.05, 0) is 38.0 Å². The second kappa shape index (κ2) is 6.40. The van der Waals surface area contributed by atoms with E-state index >= 15 is 0 Å². The Balaban J connectivity index is 1.59. The molecule has 1 aliphatic heterocycles. The van der Waals surface area contributed by atoms with E-state index < -0.39 is 27.4 Å². The van der Waals surface area contributed by atoms with Crippen molar-refractivity contribution in [2.24, 2.45) is 4.99 Å². The number of aliphatic carboxylic acids is 1. The first kappa shape index (κ1) is 19.1. The number of carboxylic acids is 1. The van der Waals surface area contributed by atoms with E-state index in [0.29, 0.717) is 17.4 Å². The van der Waals surface area contributed by atoms with E-state index in [4.69, 9.17) is 4.74 Å². The van der Waals surface area contributed by atoms with Crippen LogP contribution in [-0.2, 0) is 19.6 Å². The summed E-state index contributed by atoms with van der Waals surface area (Å²) in [6, 6.07) is 12.2. The molecule has 1 aromatic heterocycles. The second-order valence-corrected chi connectivity index (χ2v) is 10.7. The van der Waals surface area contributed by atoms with Gasteiger partial charge in [0.25, 0.3) is 10.0 Å². The van der Waals surface area contributed by atoms with Gasteiger partial charge in [-0.1, -0.05) is 30.3 Å². The highest BCUT2D eigenvalue weighted by Gasteiger charge is 2.63. The number of hydrogen-bond acceptors (Lipinski definition) is 6. The average Bonchev–Trinajstić information content (AvgIpc) is 2.98. The lowest BCUT2D eigenvalue weighted by Gasteiger charge is -2.14. The molecular formula is C19H20N2O5S2. The van der Waals surface area contributed by atoms with Crippen LogP contribution in [0.15, 0.2) is 51.7 Å². The minimum atomic E-state index is -4.00. The third-order valence-electron chi connectivity index (χ3n) is 4.88. The molecule has 1 aliphatic carbocycles. The van der Waals surface area contributed by atoms with Crippen molar-refractivity contribution in [1.29, 1.82) is 0 Å². The van der Waals surface area contributed by atoms with E-state index in [1.165, 1.54) is 6.07 Å². The van der Waals surface area contributed by atoms with Gasteiger partial charge in [0.2, 0.25) is 5.90 Å². The van der Waals surface area contributed by atoms with Crippen LogP contribution in [0.3, 0.4) is 0 Å². The molecular weight excluding hydrogens is 400 g/mol. The zero-order valence-corrected chi connectivity index (χ0v) is 17.0. The van der Waals surface area contributed by atoms with Gasteiger partial charge in [-0.15, -0.1) is 11.3 Å². The smallest absolute Gasteiger partial charge is 0.325 e. The van der Waals surface area contributed by atoms with E-state index in [-0.39, 0.29) is 16.2 Å². The topological polar surface area (TPSA) is 105 Å². The molecule has 2 N–H and O–H groups in total. The summed E-state index contributed by atoms with van der Waals surface area (Å²) in [6.07, 6.45) is 0.216. The van der Waals surface area contributed by atoms with E-state index in [0.717, 1.165) is 16.9 Å². The van der Waals surface area contributed by atoms with Crippen LogP contribution in [0.25, 0.3) is 0 Å². The third kappa shape index (κ3) is 3.34. The number of thiophene rings is 1. The maximum Gasteiger partial charge on any atom is 0.325 e. The first-order valence-electron chi connectivity index (χ1n) is 8.78. The predicted octanol–water partition coefficient (Wildman–Crippen LogP) is 2.59. The molecule has 0 saturated heterocycles. The molecule has 0 bridgehead atoms. The summed E-state index contributed by atoms with van der Waals surface area (Å²) >= 11 is 1.02. The van der Waals surface area contributed by atoms with Crippen molar-refractivity contribution in [1.82, 2.24) is 4.72 Å². The Morgan fingerprint density at radius 1 is 1.25 bits per heavy atom. The Kier molecular flexibility index (Phi) is 4.36. The molecule has 1 fully saturated rings. The zero-order valence-electron chi connectivity index (χ0n) is 15.4. The molecule has 2 aromatic rings. The molecule has 1 saturated carbocycles. The van der Waals surface area contributed by atoms with Crippen molar-refractivity contribution in [3.63, 3.8) is 0 Å². The minimum Gasteiger partial charge on any atom is -0.480 e. The molecule has 1 aromatic carbocycles. The van der Waals surface area contributed by atoms with Gasteiger partial charge in [0.05, 0.1) is 10.4 Å². The molecule has 1 unspecified atom stereocenters. The number of hydrogen-bond donors (Lipinski definition) is 2. The number of carboxylic acid groups (broad SMARTS) is 1. The molecule has 0 amide bonds. The highest BCUT2D eigenvalue weighted by atomic mass is 32.2. The normalized spacial score (nSPS) is 25.8. The molecule has 2 aliphatic rings. The summed E-state index contributed by atoms with van der Waals surface area (Å²) in [4.78, 5) is 17.0. The van der Waals surface area contributed by atoms with Crippen molar-refractivity contribution < 1.29 is 23.1 Å². The monoisotopic (exact) mass is 420 g/mol. The first-order valence-corrected chi connectivity index (χ1v) is 11.1. The van der Waals surface area contributed by atoms with Crippen LogP contribution in [0.4, 0.5) is 0 Å². The van der Waals surface area contributed by atoms with Crippen molar-refractivity contribution in [3.05, 3.63) is 52.9 Å². The third-order valence-corrected chi connectivity index (χ3v) is 7.96. The Labute approximate surface area is 167 Å². The van der Waals surface area contributed by atoms with Crippen LogP contribution in [-0.4, -0.2) is 43.1 Å². The Hall–Kier alpha value is -2.23. The maximum atomic E-state index is 12.9. The van der Waals surface area contributed by atoms with Crippen molar-refractivity contribution >= 4 is 33.2 Å². The molecule has 9 heteroatoms. The number of nitrogens with one attached hydrogen (secondary N) is 1. The molecule has 0 spiro atoms. The minimum absolute atomic E-state index is 0.0397. The Morgan fingerprint density at radius 2 is 1.96 bits per heavy atom.